The van der Waals surface area contributed by atoms with E-state index in [0.717, 1.165) is 30.0 Å². The first-order valence-corrected chi connectivity index (χ1v) is 7.96. The van der Waals surface area contributed by atoms with E-state index in [1.807, 2.05) is 23.9 Å². The smallest absolute Gasteiger partial charge is 0.118 e. The molecule has 1 heterocycles. The molecule has 1 aromatic heterocycles. The average Bonchev–Trinajstić information content (AvgIpc) is 2.86. The van der Waals surface area contributed by atoms with Crippen LogP contribution in [0.4, 0.5) is 5.69 Å². The number of aromatic nitrogens is 2. The van der Waals surface area contributed by atoms with Gasteiger partial charge in [0.1, 0.15) is 5.75 Å². The molecule has 22 heavy (non-hydrogen) atoms. The van der Waals surface area contributed by atoms with Crippen molar-refractivity contribution >= 4 is 5.69 Å². The van der Waals surface area contributed by atoms with Crippen LogP contribution >= 0.6 is 0 Å². The lowest BCUT2D eigenvalue weighted by atomic mass is 9.96. The molecule has 2 rings (SSSR count). The van der Waals surface area contributed by atoms with Crippen molar-refractivity contribution in [2.45, 2.75) is 39.7 Å². The summed E-state index contributed by atoms with van der Waals surface area (Å²) in [7, 11) is 3.66. The maximum Gasteiger partial charge on any atom is 0.118 e. The Morgan fingerprint density at radius 2 is 1.91 bits per heavy atom. The fraction of sp³-hybridized carbons (Fsp3) is 0.500. The van der Waals surface area contributed by atoms with Gasteiger partial charge in [-0.25, -0.2) is 0 Å². The predicted octanol–water partition coefficient (Wildman–Crippen LogP) is 4.19. The van der Waals surface area contributed by atoms with Crippen molar-refractivity contribution in [2.24, 2.45) is 13.0 Å². The predicted molar refractivity (Wildman–Crippen MR) is 91.4 cm³/mol. The molecule has 1 unspecified atom stereocenters. The lowest BCUT2D eigenvalue weighted by Crippen LogP contribution is -2.14. The normalized spacial score (nSPS) is 12.5. The number of methoxy groups -OCH3 is 1. The number of hydrogen-bond donors (Lipinski definition) is 1. The Morgan fingerprint density at radius 1 is 1.23 bits per heavy atom. The van der Waals surface area contributed by atoms with E-state index in [0.29, 0.717) is 5.92 Å². The van der Waals surface area contributed by atoms with Crippen LogP contribution in [0.5, 0.6) is 5.75 Å². The average molecular weight is 301 g/mol. The highest BCUT2D eigenvalue weighted by molar-refractivity contribution is 5.49. The monoisotopic (exact) mass is 301 g/mol. The van der Waals surface area contributed by atoms with E-state index in [4.69, 9.17) is 4.74 Å². The molecule has 4 heteroatoms. The van der Waals surface area contributed by atoms with Crippen molar-refractivity contribution < 1.29 is 4.74 Å². The van der Waals surface area contributed by atoms with Crippen LogP contribution < -0.4 is 10.1 Å². The first-order chi connectivity index (χ1) is 10.5. The van der Waals surface area contributed by atoms with E-state index in [9.17, 15) is 0 Å². The minimum atomic E-state index is 0.278. The second-order valence-corrected chi connectivity index (χ2v) is 6.12. The molecule has 0 saturated carbocycles. The van der Waals surface area contributed by atoms with Crippen molar-refractivity contribution in [1.29, 1.82) is 0 Å². The van der Waals surface area contributed by atoms with Gasteiger partial charge < -0.3 is 10.1 Å². The largest absolute Gasteiger partial charge is 0.497 e. The Balaban J connectivity index is 2.24. The van der Waals surface area contributed by atoms with Gasteiger partial charge in [-0.1, -0.05) is 32.9 Å². The molecule has 2 aromatic rings. The Labute approximate surface area is 133 Å². The molecule has 1 N–H and O–H groups in total. The van der Waals surface area contributed by atoms with Crippen molar-refractivity contribution in [3.8, 4) is 5.75 Å². The molecular weight excluding hydrogens is 274 g/mol. The van der Waals surface area contributed by atoms with E-state index in [2.05, 4.69) is 49.5 Å². The first-order valence-electron chi connectivity index (χ1n) is 7.96. The Morgan fingerprint density at radius 3 is 2.45 bits per heavy atom. The zero-order chi connectivity index (χ0) is 16.1. The Hall–Kier alpha value is -1.97. The van der Waals surface area contributed by atoms with E-state index in [1.54, 1.807) is 7.11 Å². The number of anilines is 1. The lowest BCUT2D eigenvalue weighted by molar-refractivity contribution is 0.414. The van der Waals surface area contributed by atoms with Crippen LogP contribution in [0.15, 0.2) is 30.5 Å². The zero-order valence-corrected chi connectivity index (χ0v) is 14.3. The number of nitrogens with zero attached hydrogens (tertiary/aromatic N) is 2. The van der Waals surface area contributed by atoms with E-state index < -0.39 is 0 Å². The van der Waals surface area contributed by atoms with Gasteiger partial charge >= 0.3 is 0 Å². The van der Waals surface area contributed by atoms with Gasteiger partial charge in [-0.05, 0) is 36.5 Å². The molecule has 0 fully saturated rings. The fourth-order valence-electron chi connectivity index (χ4n) is 2.69. The summed E-state index contributed by atoms with van der Waals surface area (Å²) in [6.45, 7) is 6.64. The second kappa shape index (κ2) is 7.34. The molecule has 0 aliphatic rings. The molecule has 0 saturated heterocycles. The number of ether oxygens (including phenoxy) is 1. The van der Waals surface area contributed by atoms with Crippen LogP contribution in [-0.2, 0) is 13.5 Å². The van der Waals surface area contributed by atoms with Crippen molar-refractivity contribution in [3.63, 3.8) is 0 Å². The summed E-state index contributed by atoms with van der Waals surface area (Å²) in [5.41, 5.74) is 3.52. The number of rotatable bonds is 7. The molecule has 0 radical (unpaired) electrons. The van der Waals surface area contributed by atoms with Gasteiger partial charge in [0.2, 0.25) is 0 Å². The highest BCUT2D eigenvalue weighted by Gasteiger charge is 2.16. The fourth-order valence-corrected chi connectivity index (χ4v) is 2.69. The van der Waals surface area contributed by atoms with Crippen LogP contribution in [0.3, 0.4) is 0 Å². The highest BCUT2D eigenvalue weighted by atomic mass is 16.5. The van der Waals surface area contributed by atoms with Crippen LogP contribution in [0, 0.1) is 5.92 Å². The van der Waals surface area contributed by atoms with Gasteiger partial charge in [-0.15, -0.1) is 0 Å². The van der Waals surface area contributed by atoms with Crippen molar-refractivity contribution in [2.75, 3.05) is 12.4 Å². The van der Waals surface area contributed by atoms with Crippen LogP contribution in [-0.4, -0.2) is 16.9 Å². The molecule has 0 spiro atoms. The number of hydrogen-bond acceptors (Lipinski definition) is 3. The number of nitrogens with one attached hydrogen (secondary N) is 1. The molecule has 0 aliphatic heterocycles. The van der Waals surface area contributed by atoms with E-state index >= 15 is 0 Å². The molecule has 0 amide bonds. The van der Waals surface area contributed by atoms with Crippen LogP contribution in [0.25, 0.3) is 0 Å². The van der Waals surface area contributed by atoms with Gasteiger partial charge in [0, 0.05) is 13.2 Å². The summed E-state index contributed by atoms with van der Waals surface area (Å²) in [4.78, 5) is 0. The summed E-state index contributed by atoms with van der Waals surface area (Å²) in [6, 6.07) is 8.60. The third kappa shape index (κ3) is 4.03. The van der Waals surface area contributed by atoms with Gasteiger partial charge in [0.15, 0.2) is 0 Å². The summed E-state index contributed by atoms with van der Waals surface area (Å²) in [5, 5.41) is 8.20. The van der Waals surface area contributed by atoms with Gasteiger partial charge in [0.05, 0.1) is 24.5 Å². The first kappa shape index (κ1) is 16.4. The van der Waals surface area contributed by atoms with Crippen LogP contribution in [0.1, 0.15) is 44.5 Å². The van der Waals surface area contributed by atoms with Gasteiger partial charge in [0.25, 0.3) is 0 Å². The minimum Gasteiger partial charge on any atom is -0.497 e. The number of aryl methyl sites for hydroxylation is 2. The molecule has 4 nitrogen and oxygen atoms in total. The third-order valence-electron chi connectivity index (χ3n) is 3.80. The third-order valence-corrected chi connectivity index (χ3v) is 3.80. The van der Waals surface area contributed by atoms with E-state index in [-0.39, 0.29) is 6.04 Å². The summed E-state index contributed by atoms with van der Waals surface area (Å²) < 4.78 is 7.13. The standard InChI is InChI=1S/C18H27N3O/c1-6-16-18(12-21(4)20-16)19-17(11-13(2)3)14-7-9-15(22-5)10-8-14/h7-10,12-13,17,19H,6,11H2,1-5H3. The van der Waals surface area contributed by atoms with E-state index in [1.165, 1.54) is 5.56 Å². The SMILES string of the molecule is CCc1nn(C)cc1NC(CC(C)C)c1ccc(OC)cc1. The van der Waals surface area contributed by atoms with Gasteiger partial charge in [-0.3, -0.25) is 4.68 Å². The Kier molecular flexibility index (Phi) is 5.47. The molecule has 120 valence electrons. The summed E-state index contributed by atoms with van der Waals surface area (Å²) in [5.74, 6) is 1.50. The maximum atomic E-state index is 5.25. The second-order valence-electron chi connectivity index (χ2n) is 6.12. The molecular formula is C18H27N3O. The van der Waals surface area contributed by atoms with Gasteiger partial charge in [-0.2, -0.15) is 5.10 Å². The number of benzene rings is 1. The molecule has 1 atom stereocenters. The Bertz CT molecular complexity index is 587. The summed E-state index contributed by atoms with van der Waals surface area (Å²) >= 11 is 0. The minimum absolute atomic E-state index is 0.278. The van der Waals surface area contributed by atoms with Crippen molar-refractivity contribution in [1.82, 2.24) is 9.78 Å². The van der Waals surface area contributed by atoms with Crippen molar-refractivity contribution in [3.05, 3.63) is 41.7 Å². The lowest BCUT2D eigenvalue weighted by Gasteiger charge is -2.22. The topological polar surface area (TPSA) is 39.1 Å². The molecule has 1 aromatic carbocycles. The maximum absolute atomic E-state index is 5.25. The zero-order valence-electron chi connectivity index (χ0n) is 14.3. The summed E-state index contributed by atoms with van der Waals surface area (Å²) in [6.07, 6.45) is 4.07. The molecule has 0 bridgehead atoms. The highest BCUT2D eigenvalue weighted by Crippen LogP contribution is 2.28. The van der Waals surface area contributed by atoms with Crippen LogP contribution in [0.2, 0.25) is 0 Å². The quantitative estimate of drug-likeness (QED) is 0.833. The molecule has 0 aliphatic carbocycles.